The minimum Gasteiger partial charge on any atom is -0.463 e. The molecule has 1 aliphatic rings. The maximum absolute atomic E-state index is 11.5. The second kappa shape index (κ2) is 4.45. The fraction of sp³-hybridized carbons (Fsp3) is 0.727. The second-order valence-electron chi connectivity index (χ2n) is 4.01. The van der Waals surface area contributed by atoms with Crippen LogP contribution in [-0.4, -0.2) is 12.1 Å². The van der Waals surface area contributed by atoms with Gasteiger partial charge in [-0.3, -0.25) is 4.79 Å². The minimum absolute atomic E-state index is 0.0134. The summed E-state index contributed by atoms with van der Waals surface area (Å²) in [5, 5.41) is 0. The molecule has 0 bridgehead atoms. The first-order chi connectivity index (χ1) is 6.09. The Morgan fingerprint density at radius 2 is 2.31 bits per heavy atom. The first-order valence-corrected chi connectivity index (χ1v) is 4.95. The summed E-state index contributed by atoms with van der Waals surface area (Å²) in [5.41, 5.74) is 1.40. The van der Waals surface area contributed by atoms with Crippen LogP contribution < -0.4 is 0 Å². The van der Waals surface area contributed by atoms with Crippen molar-refractivity contribution in [2.75, 3.05) is 0 Å². The largest absolute Gasteiger partial charge is 0.463 e. The third kappa shape index (κ3) is 3.21. The summed E-state index contributed by atoms with van der Waals surface area (Å²) in [6, 6.07) is 0. The van der Waals surface area contributed by atoms with Crippen molar-refractivity contribution >= 4 is 5.97 Å². The number of hydrogen-bond acceptors (Lipinski definition) is 2. The summed E-state index contributed by atoms with van der Waals surface area (Å²) in [7, 11) is 0. The molecule has 0 unspecified atom stereocenters. The highest BCUT2D eigenvalue weighted by atomic mass is 16.5. The second-order valence-corrected chi connectivity index (χ2v) is 4.01. The van der Waals surface area contributed by atoms with Crippen LogP contribution in [0.2, 0.25) is 0 Å². The lowest BCUT2D eigenvalue weighted by atomic mass is 9.90. The Labute approximate surface area is 80.0 Å². The zero-order chi connectivity index (χ0) is 9.84. The van der Waals surface area contributed by atoms with E-state index in [1.54, 1.807) is 0 Å². The Morgan fingerprint density at radius 1 is 1.62 bits per heavy atom. The van der Waals surface area contributed by atoms with Gasteiger partial charge in [0.15, 0.2) is 0 Å². The predicted molar refractivity (Wildman–Crippen MR) is 52.3 cm³/mol. The van der Waals surface area contributed by atoms with Crippen molar-refractivity contribution in [1.29, 1.82) is 0 Å². The molecule has 13 heavy (non-hydrogen) atoms. The van der Waals surface area contributed by atoms with Gasteiger partial charge in [0.25, 0.3) is 0 Å². The molecule has 0 saturated heterocycles. The van der Waals surface area contributed by atoms with Crippen LogP contribution in [0.15, 0.2) is 11.6 Å². The molecule has 0 aromatic carbocycles. The van der Waals surface area contributed by atoms with Gasteiger partial charge in [0, 0.05) is 0 Å². The summed E-state index contributed by atoms with van der Waals surface area (Å²) in [5.74, 6) is 0.0739. The quantitative estimate of drug-likeness (QED) is 0.485. The Balaban J connectivity index is 2.41. The molecule has 2 heteroatoms. The third-order valence-electron chi connectivity index (χ3n) is 2.32. The third-order valence-corrected chi connectivity index (χ3v) is 2.32. The van der Waals surface area contributed by atoms with Crippen LogP contribution in [0, 0.1) is 5.92 Å². The molecule has 1 aliphatic carbocycles. The number of ether oxygens (including phenoxy) is 1. The summed E-state index contributed by atoms with van der Waals surface area (Å²) in [6.45, 7) is 5.90. The Kier molecular flexibility index (Phi) is 3.52. The van der Waals surface area contributed by atoms with Gasteiger partial charge >= 0.3 is 5.97 Å². The number of carbonyl (C=O) groups is 1. The van der Waals surface area contributed by atoms with Gasteiger partial charge < -0.3 is 4.74 Å². The van der Waals surface area contributed by atoms with Gasteiger partial charge in [-0.25, -0.2) is 0 Å². The van der Waals surface area contributed by atoms with E-state index < -0.39 is 0 Å². The molecule has 0 heterocycles. The molecule has 0 amide bonds. The van der Waals surface area contributed by atoms with E-state index in [0.29, 0.717) is 0 Å². The lowest BCUT2D eigenvalue weighted by Crippen LogP contribution is -2.22. The fourth-order valence-corrected chi connectivity index (χ4v) is 1.51. The zero-order valence-corrected chi connectivity index (χ0v) is 8.67. The van der Waals surface area contributed by atoms with E-state index in [1.807, 2.05) is 13.8 Å². The molecule has 0 aliphatic heterocycles. The molecule has 0 spiro atoms. The van der Waals surface area contributed by atoms with Gasteiger partial charge in [0.1, 0.15) is 0 Å². The Morgan fingerprint density at radius 3 is 2.77 bits per heavy atom. The van der Waals surface area contributed by atoms with Crippen LogP contribution in [0.5, 0.6) is 0 Å². The topological polar surface area (TPSA) is 26.3 Å². The van der Waals surface area contributed by atoms with Crippen LogP contribution in [0.3, 0.4) is 0 Å². The van der Waals surface area contributed by atoms with Crippen molar-refractivity contribution in [1.82, 2.24) is 0 Å². The predicted octanol–water partition coefficient (Wildman–Crippen LogP) is 2.68. The van der Waals surface area contributed by atoms with E-state index >= 15 is 0 Å². The van der Waals surface area contributed by atoms with Crippen LogP contribution in [-0.2, 0) is 9.53 Å². The molecule has 2 nitrogen and oxygen atoms in total. The molecule has 0 aromatic rings. The van der Waals surface area contributed by atoms with E-state index in [1.165, 1.54) is 5.57 Å². The highest BCUT2D eigenvalue weighted by Crippen LogP contribution is 2.24. The summed E-state index contributed by atoms with van der Waals surface area (Å²) < 4.78 is 5.16. The van der Waals surface area contributed by atoms with E-state index in [0.717, 1.165) is 19.3 Å². The monoisotopic (exact) mass is 182 g/mol. The lowest BCUT2D eigenvalue weighted by Gasteiger charge is -2.20. The van der Waals surface area contributed by atoms with E-state index in [2.05, 4.69) is 13.0 Å². The number of carbonyl (C=O) groups excluding carboxylic acids is 1. The maximum atomic E-state index is 11.5. The number of esters is 1. The van der Waals surface area contributed by atoms with Gasteiger partial charge in [-0.05, 0) is 40.0 Å². The highest BCUT2D eigenvalue weighted by Gasteiger charge is 2.22. The molecule has 0 aromatic heterocycles. The highest BCUT2D eigenvalue weighted by molar-refractivity contribution is 5.73. The van der Waals surface area contributed by atoms with E-state index in [4.69, 9.17) is 4.74 Å². The SMILES string of the molecule is CC1=CC[C@H](C(=O)OC(C)C)CC1. The number of hydrogen-bond donors (Lipinski definition) is 0. The number of allylic oxidation sites excluding steroid dienone is 2. The standard InChI is InChI=1S/C11H18O2/c1-8(2)13-11(12)10-6-4-9(3)5-7-10/h4,8,10H,5-7H2,1-3H3/t10-/m0/s1. The Bertz CT molecular complexity index is 216. The average molecular weight is 182 g/mol. The lowest BCUT2D eigenvalue weighted by molar-refractivity contribution is -0.152. The van der Waals surface area contributed by atoms with Crippen LogP contribution in [0.1, 0.15) is 40.0 Å². The fourth-order valence-electron chi connectivity index (χ4n) is 1.51. The molecule has 1 rings (SSSR count). The normalized spacial score (nSPS) is 22.8. The molecule has 0 saturated carbocycles. The zero-order valence-electron chi connectivity index (χ0n) is 8.67. The van der Waals surface area contributed by atoms with Gasteiger partial charge in [0.2, 0.25) is 0 Å². The van der Waals surface area contributed by atoms with E-state index in [-0.39, 0.29) is 18.0 Å². The van der Waals surface area contributed by atoms with Gasteiger partial charge in [0.05, 0.1) is 12.0 Å². The van der Waals surface area contributed by atoms with Crippen molar-refractivity contribution in [2.24, 2.45) is 5.92 Å². The number of rotatable bonds is 2. The van der Waals surface area contributed by atoms with Crippen molar-refractivity contribution in [3.05, 3.63) is 11.6 Å². The van der Waals surface area contributed by atoms with Gasteiger partial charge in [-0.2, -0.15) is 0 Å². The van der Waals surface area contributed by atoms with Gasteiger partial charge in [-0.1, -0.05) is 11.6 Å². The van der Waals surface area contributed by atoms with Crippen LogP contribution >= 0.6 is 0 Å². The van der Waals surface area contributed by atoms with Crippen molar-refractivity contribution in [2.45, 2.75) is 46.1 Å². The molecule has 0 radical (unpaired) electrons. The smallest absolute Gasteiger partial charge is 0.309 e. The van der Waals surface area contributed by atoms with Crippen molar-refractivity contribution < 1.29 is 9.53 Å². The summed E-state index contributed by atoms with van der Waals surface area (Å²) in [6.07, 6.45) is 5.01. The van der Waals surface area contributed by atoms with E-state index in [9.17, 15) is 4.79 Å². The van der Waals surface area contributed by atoms with Crippen molar-refractivity contribution in [3.8, 4) is 0 Å². The first-order valence-electron chi connectivity index (χ1n) is 4.95. The molecule has 1 atom stereocenters. The van der Waals surface area contributed by atoms with Gasteiger partial charge in [-0.15, -0.1) is 0 Å². The Hall–Kier alpha value is -0.790. The maximum Gasteiger partial charge on any atom is 0.309 e. The summed E-state index contributed by atoms with van der Waals surface area (Å²) in [4.78, 5) is 11.5. The van der Waals surface area contributed by atoms with Crippen LogP contribution in [0.25, 0.3) is 0 Å². The molecule has 74 valence electrons. The minimum atomic E-state index is -0.0289. The molecule has 0 fully saturated rings. The molecular weight excluding hydrogens is 164 g/mol. The van der Waals surface area contributed by atoms with Crippen molar-refractivity contribution in [3.63, 3.8) is 0 Å². The summed E-state index contributed by atoms with van der Waals surface area (Å²) >= 11 is 0. The molecular formula is C11H18O2. The average Bonchev–Trinajstić information content (AvgIpc) is 2.04. The van der Waals surface area contributed by atoms with Crippen LogP contribution in [0.4, 0.5) is 0 Å². The molecule has 0 N–H and O–H groups in total. The first kappa shape index (κ1) is 10.3.